The summed E-state index contributed by atoms with van der Waals surface area (Å²) in [5, 5.41) is 1.02. The van der Waals surface area contributed by atoms with Gasteiger partial charge in [0.1, 0.15) is 11.3 Å². The molecule has 0 aliphatic carbocycles. The predicted molar refractivity (Wildman–Crippen MR) is 125 cm³/mol. The monoisotopic (exact) mass is 447 g/mol. The molecule has 0 spiro atoms. The highest BCUT2D eigenvalue weighted by molar-refractivity contribution is 7.90. The number of hydrogen-bond donors (Lipinski definition) is 0. The van der Waals surface area contributed by atoms with Crippen molar-refractivity contribution >= 4 is 26.7 Å². The van der Waals surface area contributed by atoms with Crippen LogP contribution in [0.1, 0.15) is 34.2 Å². The summed E-state index contributed by atoms with van der Waals surface area (Å²) in [5.41, 5.74) is 3.00. The van der Waals surface area contributed by atoms with Crippen molar-refractivity contribution in [3.05, 3.63) is 101 Å². The normalized spacial score (nSPS) is 11.6. The average Bonchev–Trinajstić information content (AvgIpc) is 3.17. The molecular weight excluding hydrogens is 422 g/mol. The van der Waals surface area contributed by atoms with Crippen molar-refractivity contribution in [2.75, 3.05) is 7.05 Å². The number of nitrogens with zero attached hydrogens (tertiary/aromatic N) is 1. The molecule has 0 atom stereocenters. The standard InChI is InChI=1S/C26H25NO4S/c1-3-24-23(22-11-7-8-12-25(22)31-24)17-27(2)26(28)20-15-13-19(14-16-20)18-32(29,30)21-9-5-4-6-10-21/h4-16H,3,17-18H2,1-2H3. The molecule has 0 radical (unpaired) electrons. The van der Waals surface area contributed by atoms with Crippen LogP contribution in [0.25, 0.3) is 11.0 Å². The molecular formula is C26H25NO4S. The van der Waals surface area contributed by atoms with Crippen LogP contribution in [-0.2, 0) is 28.6 Å². The zero-order chi connectivity index (χ0) is 22.7. The summed E-state index contributed by atoms with van der Waals surface area (Å²) in [4.78, 5) is 15.0. The molecule has 4 rings (SSSR count). The average molecular weight is 448 g/mol. The number of rotatable bonds is 7. The molecule has 0 saturated heterocycles. The molecule has 0 saturated carbocycles. The largest absolute Gasteiger partial charge is 0.461 e. The predicted octanol–water partition coefficient (Wildman–Crippen LogP) is 5.24. The van der Waals surface area contributed by atoms with Gasteiger partial charge in [0, 0.05) is 36.5 Å². The van der Waals surface area contributed by atoms with E-state index in [1.807, 2.05) is 31.2 Å². The maximum absolute atomic E-state index is 13.0. The van der Waals surface area contributed by atoms with E-state index >= 15 is 0 Å². The van der Waals surface area contributed by atoms with Gasteiger partial charge in [-0.2, -0.15) is 0 Å². The van der Waals surface area contributed by atoms with E-state index < -0.39 is 9.84 Å². The lowest BCUT2D eigenvalue weighted by molar-refractivity contribution is 0.0785. The molecule has 6 heteroatoms. The van der Waals surface area contributed by atoms with E-state index in [2.05, 4.69) is 0 Å². The van der Waals surface area contributed by atoms with E-state index in [4.69, 9.17) is 4.42 Å². The van der Waals surface area contributed by atoms with E-state index in [-0.39, 0.29) is 11.7 Å². The van der Waals surface area contributed by atoms with Crippen molar-refractivity contribution in [1.29, 1.82) is 0 Å². The van der Waals surface area contributed by atoms with Crippen molar-refractivity contribution in [3.8, 4) is 0 Å². The van der Waals surface area contributed by atoms with Gasteiger partial charge in [-0.25, -0.2) is 8.42 Å². The van der Waals surface area contributed by atoms with E-state index in [1.54, 1.807) is 66.5 Å². The van der Waals surface area contributed by atoms with Crippen LogP contribution in [0, 0.1) is 0 Å². The van der Waals surface area contributed by atoms with Gasteiger partial charge in [0.15, 0.2) is 9.84 Å². The molecule has 32 heavy (non-hydrogen) atoms. The van der Waals surface area contributed by atoms with E-state index in [9.17, 15) is 13.2 Å². The van der Waals surface area contributed by atoms with Crippen molar-refractivity contribution in [2.45, 2.75) is 30.5 Å². The lowest BCUT2D eigenvalue weighted by Gasteiger charge is -2.18. The van der Waals surface area contributed by atoms with Gasteiger partial charge < -0.3 is 9.32 Å². The Kier molecular flexibility index (Phi) is 6.15. The summed E-state index contributed by atoms with van der Waals surface area (Å²) in [5.74, 6) is 0.643. The molecule has 0 N–H and O–H groups in total. The molecule has 1 heterocycles. The van der Waals surface area contributed by atoms with Crippen molar-refractivity contribution < 1.29 is 17.6 Å². The summed E-state index contributed by atoms with van der Waals surface area (Å²) in [6.07, 6.45) is 0.747. The summed E-state index contributed by atoms with van der Waals surface area (Å²) >= 11 is 0. The topological polar surface area (TPSA) is 67.6 Å². The maximum Gasteiger partial charge on any atom is 0.253 e. The van der Waals surface area contributed by atoms with Crippen LogP contribution in [0.15, 0.2) is 88.2 Å². The Morgan fingerprint density at radius 2 is 1.56 bits per heavy atom. The van der Waals surface area contributed by atoms with Crippen LogP contribution in [0.2, 0.25) is 0 Å². The van der Waals surface area contributed by atoms with Gasteiger partial charge in [-0.15, -0.1) is 0 Å². The highest BCUT2D eigenvalue weighted by Crippen LogP contribution is 2.27. The van der Waals surface area contributed by atoms with Gasteiger partial charge in [0.05, 0.1) is 10.6 Å². The van der Waals surface area contributed by atoms with Crippen LogP contribution in [0.5, 0.6) is 0 Å². The minimum atomic E-state index is -3.43. The summed E-state index contributed by atoms with van der Waals surface area (Å²) < 4.78 is 31.1. The second kappa shape index (κ2) is 9.01. The lowest BCUT2D eigenvalue weighted by Crippen LogP contribution is -2.26. The SMILES string of the molecule is CCc1oc2ccccc2c1CN(C)C(=O)c1ccc(CS(=O)(=O)c2ccccc2)cc1. The third-order valence-electron chi connectivity index (χ3n) is 5.50. The van der Waals surface area contributed by atoms with Gasteiger partial charge in [0.2, 0.25) is 0 Å². The number of carbonyl (C=O) groups is 1. The fraction of sp³-hybridized carbons (Fsp3) is 0.192. The Bertz CT molecular complexity index is 1340. The van der Waals surface area contributed by atoms with Crippen LogP contribution in [0.4, 0.5) is 0 Å². The number of hydrogen-bond acceptors (Lipinski definition) is 4. The molecule has 4 aromatic rings. The van der Waals surface area contributed by atoms with Gasteiger partial charge in [-0.1, -0.05) is 55.5 Å². The quantitative estimate of drug-likeness (QED) is 0.388. The molecule has 0 fully saturated rings. The molecule has 0 aliphatic heterocycles. The first-order chi connectivity index (χ1) is 15.4. The van der Waals surface area contributed by atoms with Crippen LogP contribution in [-0.4, -0.2) is 26.3 Å². The van der Waals surface area contributed by atoms with Gasteiger partial charge in [-0.3, -0.25) is 4.79 Å². The Morgan fingerprint density at radius 3 is 2.25 bits per heavy atom. The molecule has 1 amide bonds. The Balaban J connectivity index is 1.49. The zero-order valence-corrected chi connectivity index (χ0v) is 18.9. The van der Waals surface area contributed by atoms with Crippen molar-refractivity contribution in [3.63, 3.8) is 0 Å². The number of aryl methyl sites for hydroxylation is 1. The molecule has 0 bridgehead atoms. The van der Waals surface area contributed by atoms with Crippen molar-refractivity contribution in [2.24, 2.45) is 0 Å². The molecule has 0 unspecified atom stereocenters. The second-order valence-electron chi connectivity index (χ2n) is 7.78. The third kappa shape index (κ3) is 4.46. The van der Waals surface area contributed by atoms with Gasteiger partial charge >= 0.3 is 0 Å². The highest BCUT2D eigenvalue weighted by Gasteiger charge is 2.19. The van der Waals surface area contributed by atoms with Crippen LogP contribution >= 0.6 is 0 Å². The molecule has 5 nitrogen and oxygen atoms in total. The number of para-hydroxylation sites is 1. The minimum absolute atomic E-state index is 0.109. The smallest absolute Gasteiger partial charge is 0.253 e. The van der Waals surface area contributed by atoms with Crippen LogP contribution in [0.3, 0.4) is 0 Å². The maximum atomic E-state index is 13.0. The summed E-state index contributed by atoms with van der Waals surface area (Å²) in [7, 11) is -1.67. The molecule has 0 aliphatic rings. The number of amides is 1. The second-order valence-corrected chi connectivity index (χ2v) is 9.77. The first kappa shape index (κ1) is 21.8. The first-order valence-electron chi connectivity index (χ1n) is 10.5. The van der Waals surface area contributed by atoms with E-state index in [0.717, 1.165) is 28.7 Å². The lowest BCUT2D eigenvalue weighted by atomic mass is 10.1. The highest BCUT2D eigenvalue weighted by atomic mass is 32.2. The number of fused-ring (bicyclic) bond motifs is 1. The van der Waals surface area contributed by atoms with Gasteiger partial charge in [-0.05, 0) is 35.9 Å². The molecule has 164 valence electrons. The van der Waals surface area contributed by atoms with Crippen LogP contribution < -0.4 is 0 Å². The first-order valence-corrected chi connectivity index (χ1v) is 12.2. The summed E-state index contributed by atoms with van der Waals surface area (Å²) in [6.45, 7) is 2.47. The van der Waals surface area contributed by atoms with Gasteiger partial charge in [0.25, 0.3) is 5.91 Å². The Morgan fingerprint density at radius 1 is 0.906 bits per heavy atom. The Labute approximate surface area is 188 Å². The molecule has 1 aromatic heterocycles. The number of benzene rings is 3. The fourth-order valence-corrected chi connectivity index (χ4v) is 5.18. The number of furan rings is 1. The van der Waals surface area contributed by atoms with E-state index in [1.165, 1.54) is 0 Å². The zero-order valence-electron chi connectivity index (χ0n) is 18.1. The number of carbonyl (C=O) groups excluding carboxylic acids is 1. The molecule has 3 aromatic carbocycles. The van der Waals surface area contributed by atoms with Crippen molar-refractivity contribution in [1.82, 2.24) is 4.90 Å². The third-order valence-corrected chi connectivity index (χ3v) is 7.21. The van der Waals surface area contributed by atoms with E-state index in [0.29, 0.717) is 22.6 Å². The summed E-state index contributed by atoms with van der Waals surface area (Å²) in [6, 6.07) is 23.0. The Hall–Kier alpha value is -3.38. The minimum Gasteiger partial charge on any atom is -0.461 e. The fourth-order valence-electron chi connectivity index (χ4n) is 3.81. The number of sulfone groups is 1.